The van der Waals surface area contributed by atoms with Gasteiger partial charge >= 0.3 is 0 Å². The number of hydrogen-bond acceptors (Lipinski definition) is 3. The lowest BCUT2D eigenvalue weighted by Gasteiger charge is -2.27. The molecule has 2 amide bonds. The van der Waals surface area contributed by atoms with Crippen LogP contribution in [0.25, 0.3) is 0 Å². The van der Waals surface area contributed by atoms with Crippen LogP contribution in [0.3, 0.4) is 0 Å². The average molecular weight is 363 g/mol. The van der Waals surface area contributed by atoms with Crippen LogP contribution >= 0.6 is 11.6 Å². The van der Waals surface area contributed by atoms with Crippen molar-refractivity contribution in [2.24, 2.45) is 0 Å². The summed E-state index contributed by atoms with van der Waals surface area (Å²) in [4.78, 5) is 26.2. The Morgan fingerprint density at radius 3 is 2.88 bits per heavy atom. The molecule has 0 unspecified atom stereocenters. The van der Waals surface area contributed by atoms with E-state index in [4.69, 9.17) is 16.3 Å². The van der Waals surface area contributed by atoms with Gasteiger partial charge in [0.1, 0.15) is 11.6 Å². The molecule has 0 radical (unpaired) electrons. The second kappa shape index (κ2) is 7.11. The van der Waals surface area contributed by atoms with E-state index >= 15 is 0 Å². The van der Waals surface area contributed by atoms with Gasteiger partial charge in [-0.05, 0) is 31.2 Å². The molecule has 0 spiro atoms. The number of nitrogens with one attached hydrogen (secondary N) is 1. The van der Waals surface area contributed by atoms with Gasteiger partial charge in [0.15, 0.2) is 6.61 Å². The summed E-state index contributed by atoms with van der Waals surface area (Å²) >= 11 is 5.71. The fraction of sp³-hybridized carbons (Fsp3) is 0.222. The molecule has 2 aromatic carbocycles. The van der Waals surface area contributed by atoms with Gasteiger partial charge < -0.3 is 15.0 Å². The third-order valence-electron chi connectivity index (χ3n) is 3.88. The molecule has 0 aliphatic carbocycles. The first-order valence-electron chi connectivity index (χ1n) is 7.74. The number of nitrogens with zero attached hydrogens (tertiary/aromatic N) is 1. The number of benzene rings is 2. The molecule has 1 atom stereocenters. The summed E-state index contributed by atoms with van der Waals surface area (Å²) < 4.78 is 18.6. The second-order valence-electron chi connectivity index (χ2n) is 5.75. The lowest BCUT2D eigenvalue weighted by atomic mass is 10.1. The molecule has 1 heterocycles. The van der Waals surface area contributed by atoms with Crippen molar-refractivity contribution >= 4 is 34.8 Å². The second-order valence-corrected chi connectivity index (χ2v) is 6.15. The van der Waals surface area contributed by atoms with Crippen LogP contribution in [0, 0.1) is 5.82 Å². The number of carbonyl (C=O) groups excluding carboxylic acids is 2. The van der Waals surface area contributed by atoms with Gasteiger partial charge in [-0.3, -0.25) is 9.59 Å². The summed E-state index contributed by atoms with van der Waals surface area (Å²) in [5.41, 5.74) is 1.20. The maximum atomic E-state index is 13.2. The van der Waals surface area contributed by atoms with Gasteiger partial charge in [0, 0.05) is 18.5 Å². The first-order chi connectivity index (χ1) is 12.0. The van der Waals surface area contributed by atoms with Crippen molar-refractivity contribution in [3.8, 4) is 5.75 Å². The Balaban J connectivity index is 1.80. The number of amides is 2. The van der Waals surface area contributed by atoms with E-state index in [-0.39, 0.29) is 35.9 Å². The minimum Gasteiger partial charge on any atom is -0.484 e. The smallest absolute Gasteiger partial charge is 0.265 e. The van der Waals surface area contributed by atoms with E-state index in [1.807, 2.05) is 0 Å². The minimum absolute atomic E-state index is 0.0757. The molecule has 3 rings (SSSR count). The monoisotopic (exact) mass is 362 g/mol. The largest absolute Gasteiger partial charge is 0.484 e. The summed E-state index contributed by atoms with van der Waals surface area (Å²) in [5, 5.41) is 2.72. The molecule has 1 aliphatic heterocycles. The van der Waals surface area contributed by atoms with E-state index in [0.29, 0.717) is 17.1 Å². The SMILES string of the molecule is C[C@@H]1CC(=O)Nc2ccccc2N1C(=O)COc1ccc(F)c(Cl)c1. The first kappa shape index (κ1) is 17.2. The van der Waals surface area contributed by atoms with E-state index in [0.717, 1.165) is 0 Å². The third-order valence-corrected chi connectivity index (χ3v) is 4.17. The highest BCUT2D eigenvalue weighted by atomic mass is 35.5. The molecular formula is C18H16ClFN2O3. The standard InChI is InChI=1S/C18H16ClFN2O3/c1-11-8-17(23)21-15-4-2-3-5-16(15)22(11)18(24)10-25-12-6-7-14(20)13(19)9-12/h2-7,9,11H,8,10H2,1H3,(H,21,23)/t11-/m1/s1. The molecule has 7 heteroatoms. The number of ether oxygens (including phenoxy) is 1. The Morgan fingerprint density at radius 2 is 2.12 bits per heavy atom. The first-order valence-corrected chi connectivity index (χ1v) is 8.12. The normalized spacial score (nSPS) is 16.7. The topological polar surface area (TPSA) is 58.6 Å². The van der Waals surface area contributed by atoms with Gasteiger partial charge in [-0.15, -0.1) is 0 Å². The highest BCUT2D eigenvalue weighted by molar-refractivity contribution is 6.30. The van der Waals surface area contributed by atoms with E-state index in [1.54, 1.807) is 36.1 Å². The highest BCUT2D eigenvalue weighted by Gasteiger charge is 2.29. The van der Waals surface area contributed by atoms with E-state index in [2.05, 4.69) is 5.32 Å². The number of hydrogen-bond donors (Lipinski definition) is 1. The molecule has 0 saturated heterocycles. The molecule has 0 fully saturated rings. The van der Waals surface area contributed by atoms with Crippen LogP contribution in [0.4, 0.5) is 15.8 Å². The number of para-hydroxylation sites is 2. The molecule has 0 aromatic heterocycles. The van der Waals surface area contributed by atoms with Crippen molar-refractivity contribution < 1.29 is 18.7 Å². The fourth-order valence-corrected chi connectivity index (χ4v) is 2.92. The summed E-state index contributed by atoms with van der Waals surface area (Å²) in [6.07, 6.45) is 0.183. The maximum absolute atomic E-state index is 13.2. The minimum atomic E-state index is -0.556. The van der Waals surface area contributed by atoms with E-state index in [1.165, 1.54) is 18.2 Å². The highest BCUT2D eigenvalue weighted by Crippen LogP contribution is 2.31. The van der Waals surface area contributed by atoms with Crippen molar-refractivity contribution in [1.29, 1.82) is 0 Å². The zero-order valence-corrected chi connectivity index (χ0v) is 14.2. The van der Waals surface area contributed by atoms with Crippen LogP contribution in [0.5, 0.6) is 5.75 Å². The quantitative estimate of drug-likeness (QED) is 0.907. The summed E-state index contributed by atoms with van der Waals surface area (Å²) in [7, 11) is 0. The van der Waals surface area contributed by atoms with Crippen molar-refractivity contribution in [3.63, 3.8) is 0 Å². The third kappa shape index (κ3) is 3.74. The number of anilines is 2. The molecule has 0 saturated carbocycles. The Kier molecular flexibility index (Phi) is 4.90. The van der Waals surface area contributed by atoms with Crippen LogP contribution in [0.15, 0.2) is 42.5 Å². The summed E-state index contributed by atoms with van der Waals surface area (Å²) in [6, 6.07) is 10.7. The van der Waals surface area contributed by atoms with Crippen molar-refractivity contribution in [3.05, 3.63) is 53.3 Å². The van der Waals surface area contributed by atoms with Crippen LogP contribution in [-0.4, -0.2) is 24.5 Å². The molecule has 25 heavy (non-hydrogen) atoms. The fourth-order valence-electron chi connectivity index (χ4n) is 2.75. The summed E-state index contributed by atoms with van der Waals surface area (Å²) in [6.45, 7) is 1.54. The summed E-state index contributed by atoms with van der Waals surface area (Å²) in [5.74, 6) is -0.719. The van der Waals surface area contributed by atoms with Gasteiger partial charge in [0.2, 0.25) is 5.91 Å². The molecule has 0 bridgehead atoms. The van der Waals surface area contributed by atoms with Crippen LogP contribution in [0.1, 0.15) is 13.3 Å². The van der Waals surface area contributed by atoms with E-state index in [9.17, 15) is 14.0 Å². The van der Waals surface area contributed by atoms with Gasteiger partial charge in [-0.25, -0.2) is 4.39 Å². The lowest BCUT2D eigenvalue weighted by molar-refractivity contribution is -0.121. The lowest BCUT2D eigenvalue weighted by Crippen LogP contribution is -2.41. The Morgan fingerprint density at radius 1 is 1.36 bits per heavy atom. The van der Waals surface area contributed by atoms with Crippen LogP contribution in [-0.2, 0) is 9.59 Å². The number of halogens is 2. The van der Waals surface area contributed by atoms with Gasteiger partial charge in [0.05, 0.1) is 16.4 Å². The zero-order chi connectivity index (χ0) is 18.0. The predicted octanol–water partition coefficient (Wildman–Crippen LogP) is 3.62. The molecular weight excluding hydrogens is 347 g/mol. The molecule has 1 aliphatic rings. The van der Waals surface area contributed by atoms with Gasteiger partial charge in [-0.2, -0.15) is 0 Å². The Hall–Kier alpha value is -2.60. The van der Waals surface area contributed by atoms with Crippen molar-refractivity contribution in [2.45, 2.75) is 19.4 Å². The van der Waals surface area contributed by atoms with Gasteiger partial charge in [-0.1, -0.05) is 23.7 Å². The van der Waals surface area contributed by atoms with Gasteiger partial charge in [0.25, 0.3) is 5.91 Å². The van der Waals surface area contributed by atoms with Crippen molar-refractivity contribution in [2.75, 3.05) is 16.8 Å². The molecule has 130 valence electrons. The molecule has 5 nitrogen and oxygen atoms in total. The molecule has 2 aromatic rings. The van der Waals surface area contributed by atoms with Crippen LogP contribution in [0.2, 0.25) is 5.02 Å². The average Bonchev–Trinajstić information content (AvgIpc) is 2.70. The van der Waals surface area contributed by atoms with Crippen LogP contribution < -0.4 is 15.0 Å². The zero-order valence-electron chi connectivity index (χ0n) is 13.5. The predicted molar refractivity (Wildman–Crippen MR) is 93.5 cm³/mol. The van der Waals surface area contributed by atoms with E-state index < -0.39 is 5.82 Å². The Bertz CT molecular complexity index is 828. The number of carbonyl (C=O) groups is 2. The number of rotatable bonds is 3. The maximum Gasteiger partial charge on any atom is 0.265 e. The number of fused-ring (bicyclic) bond motifs is 1. The Labute approximate surface area is 149 Å². The molecule has 1 N–H and O–H groups in total. The van der Waals surface area contributed by atoms with Crippen molar-refractivity contribution in [1.82, 2.24) is 0 Å².